The quantitative estimate of drug-likeness (QED) is 0.777. The van der Waals surface area contributed by atoms with Crippen LogP contribution in [0.1, 0.15) is 12.5 Å². The van der Waals surface area contributed by atoms with Gasteiger partial charge < -0.3 is 9.84 Å². The van der Waals surface area contributed by atoms with Gasteiger partial charge in [0.1, 0.15) is 6.26 Å². The minimum atomic E-state index is 0.0552. The third-order valence-electron chi connectivity index (χ3n) is 2.02. The molecule has 1 heterocycles. The number of benzene rings is 1. The number of hydrogen-bond acceptors (Lipinski definition) is 3. The van der Waals surface area contributed by atoms with E-state index in [1.54, 1.807) is 12.5 Å². The van der Waals surface area contributed by atoms with Gasteiger partial charge in [0.25, 0.3) is 0 Å². The average molecular weight is 212 g/mol. The summed E-state index contributed by atoms with van der Waals surface area (Å²) < 4.78 is 4.72. The fourth-order valence-electron chi connectivity index (χ4n) is 1.28. The van der Waals surface area contributed by atoms with Gasteiger partial charge in [-0.2, -0.15) is 0 Å². The first kappa shape index (κ1) is 10.3. The predicted octanol–water partition coefficient (Wildman–Crippen LogP) is 2.53. The zero-order valence-corrected chi connectivity index (χ0v) is 8.97. The highest BCUT2D eigenvalue weighted by Gasteiger charge is 1.98. The minimum absolute atomic E-state index is 0.0552. The highest BCUT2D eigenvalue weighted by molar-refractivity contribution is 5.42. The van der Waals surface area contributed by atoms with Crippen LogP contribution < -0.4 is 5.32 Å². The van der Waals surface area contributed by atoms with E-state index in [9.17, 15) is 0 Å². The molecule has 2 aromatic rings. The smallest absolute Gasteiger partial charge is 0.146 e. The van der Waals surface area contributed by atoms with Crippen molar-refractivity contribution in [3.05, 3.63) is 48.4 Å². The largest absolute Gasteiger partial charge is 0.368 e. The Kier molecular flexibility index (Phi) is 3.25. The van der Waals surface area contributed by atoms with Crippen molar-refractivity contribution in [1.82, 2.24) is 5.16 Å². The van der Waals surface area contributed by atoms with E-state index in [0.717, 1.165) is 11.3 Å². The molecule has 1 N–H and O–H groups in total. The molecule has 0 radical (unpaired) electrons. The fraction of sp³-hybridized carbons (Fsp3) is 0.154. The second-order valence-electron chi connectivity index (χ2n) is 3.41. The van der Waals surface area contributed by atoms with Crippen LogP contribution in [0.5, 0.6) is 0 Å². The summed E-state index contributed by atoms with van der Waals surface area (Å²) in [5.74, 6) is 6.20. The highest BCUT2D eigenvalue weighted by Crippen LogP contribution is 2.05. The number of hydrogen-bond donors (Lipinski definition) is 1. The third-order valence-corrected chi connectivity index (χ3v) is 2.02. The van der Waals surface area contributed by atoms with Crippen LogP contribution in [0.3, 0.4) is 0 Å². The van der Waals surface area contributed by atoms with Gasteiger partial charge >= 0.3 is 0 Å². The Morgan fingerprint density at radius 2 is 2.12 bits per heavy atom. The Morgan fingerprint density at radius 3 is 2.81 bits per heavy atom. The lowest BCUT2D eigenvalue weighted by Crippen LogP contribution is -2.11. The van der Waals surface area contributed by atoms with Crippen LogP contribution in [0.2, 0.25) is 0 Å². The van der Waals surface area contributed by atoms with Crippen molar-refractivity contribution in [1.29, 1.82) is 0 Å². The van der Waals surface area contributed by atoms with Crippen molar-refractivity contribution in [2.45, 2.75) is 13.0 Å². The van der Waals surface area contributed by atoms with Crippen molar-refractivity contribution >= 4 is 5.69 Å². The third kappa shape index (κ3) is 2.89. The van der Waals surface area contributed by atoms with Crippen LogP contribution in [0.25, 0.3) is 0 Å². The molecule has 1 aromatic heterocycles. The standard InChI is InChI=1S/C13H12N2O/c1-11(15-13-9-14-16-10-13)7-8-12-5-3-2-4-6-12/h2-6,9-11,15H,1H3. The van der Waals surface area contributed by atoms with Crippen molar-refractivity contribution in [2.75, 3.05) is 5.32 Å². The summed E-state index contributed by atoms with van der Waals surface area (Å²) >= 11 is 0. The molecule has 0 aliphatic rings. The first-order valence-electron chi connectivity index (χ1n) is 5.07. The molecule has 0 aliphatic carbocycles. The number of rotatable bonds is 2. The molecule has 80 valence electrons. The SMILES string of the molecule is CC(C#Cc1ccccc1)Nc1cnoc1. The molecule has 1 unspecified atom stereocenters. The molecule has 0 amide bonds. The molecule has 16 heavy (non-hydrogen) atoms. The normalized spacial score (nSPS) is 11.3. The monoisotopic (exact) mass is 212 g/mol. The van der Waals surface area contributed by atoms with Gasteiger partial charge in [0.15, 0.2) is 0 Å². The second kappa shape index (κ2) is 5.04. The molecule has 0 saturated carbocycles. The maximum atomic E-state index is 4.72. The molecule has 0 aliphatic heterocycles. The summed E-state index contributed by atoms with van der Waals surface area (Å²) in [7, 11) is 0. The molecule has 0 fully saturated rings. The molecule has 0 bridgehead atoms. The van der Waals surface area contributed by atoms with Crippen molar-refractivity contribution < 1.29 is 4.52 Å². The first-order chi connectivity index (χ1) is 7.84. The van der Waals surface area contributed by atoms with E-state index in [-0.39, 0.29) is 6.04 Å². The Bertz CT molecular complexity index is 480. The van der Waals surface area contributed by atoms with Crippen LogP contribution in [0.4, 0.5) is 5.69 Å². The van der Waals surface area contributed by atoms with Crippen molar-refractivity contribution in [3.63, 3.8) is 0 Å². The molecule has 3 nitrogen and oxygen atoms in total. The van der Waals surface area contributed by atoms with Crippen molar-refractivity contribution in [3.8, 4) is 11.8 Å². The van der Waals surface area contributed by atoms with Gasteiger partial charge in [-0.1, -0.05) is 35.2 Å². The highest BCUT2D eigenvalue weighted by atomic mass is 16.5. The fourth-order valence-corrected chi connectivity index (χ4v) is 1.28. The van der Waals surface area contributed by atoms with E-state index in [2.05, 4.69) is 22.3 Å². The zero-order chi connectivity index (χ0) is 11.2. The van der Waals surface area contributed by atoms with E-state index in [1.807, 2.05) is 37.3 Å². The number of nitrogens with zero attached hydrogens (tertiary/aromatic N) is 1. The summed E-state index contributed by atoms with van der Waals surface area (Å²) in [6.07, 6.45) is 3.18. The second-order valence-corrected chi connectivity index (χ2v) is 3.41. The number of aromatic nitrogens is 1. The van der Waals surface area contributed by atoms with E-state index in [1.165, 1.54) is 0 Å². The number of nitrogens with one attached hydrogen (secondary N) is 1. The van der Waals surface area contributed by atoms with Crippen LogP contribution in [-0.4, -0.2) is 11.2 Å². The predicted molar refractivity (Wildman–Crippen MR) is 62.9 cm³/mol. The van der Waals surface area contributed by atoms with Gasteiger partial charge in [-0.3, -0.25) is 0 Å². The van der Waals surface area contributed by atoms with E-state index >= 15 is 0 Å². The molecular weight excluding hydrogens is 200 g/mol. The molecular formula is C13H12N2O. The summed E-state index contributed by atoms with van der Waals surface area (Å²) in [5, 5.41) is 6.77. The van der Waals surface area contributed by atoms with Crippen LogP contribution in [0, 0.1) is 11.8 Å². The number of anilines is 1. The maximum absolute atomic E-state index is 4.72. The van der Waals surface area contributed by atoms with Gasteiger partial charge in [-0.15, -0.1) is 0 Å². The molecule has 1 aromatic carbocycles. The molecule has 2 rings (SSSR count). The maximum Gasteiger partial charge on any atom is 0.146 e. The van der Waals surface area contributed by atoms with Crippen LogP contribution >= 0.6 is 0 Å². The first-order valence-corrected chi connectivity index (χ1v) is 5.07. The van der Waals surface area contributed by atoms with Gasteiger partial charge in [0.05, 0.1) is 17.9 Å². The molecule has 1 atom stereocenters. The average Bonchev–Trinajstić information content (AvgIpc) is 2.81. The van der Waals surface area contributed by atoms with E-state index < -0.39 is 0 Å². The Hall–Kier alpha value is -2.21. The molecule has 0 spiro atoms. The Labute approximate surface area is 94.5 Å². The Morgan fingerprint density at radius 1 is 1.31 bits per heavy atom. The van der Waals surface area contributed by atoms with E-state index in [4.69, 9.17) is 4.52 Å². The van der Waals surface area contributed by atoms with Crippen molar-refractivity contribution in [2.24, 2.45) is 0 Å². The van der Waals surface area contributed by atoms with Gasteiger partial charge in [-0.25, -0.2) is 0 Å². The van der Waals surface area contributed by atoms with Crippen LogP contribution in [0.15, 0.2) is 47.3 Å². The summed E-state index contributed by atoms with van der Waals surface area (Å²) in [6, 6.07) is 9.95. The molecule has 3 heteroatoms. The Balaban J connectivity index is 1.97. The van der Waals surface area contributed by atoms with Gasteiger partial charge in [-0.05, 0) is 19.1 Å². The lowest BCUT2D eigenvalue weighted by Gasteiger charge is -2.04. The summed E-state index contributed by atoms with van der Waals surface area (Å²) in [5.41, 5.74) is 1.86. The zero-order valence-electron chi connectivity index (χ0n) is 8.97. The summed E-state index contributed by atoms with van der Waals surface area (Å²) in [4.78, 5) is 0. The van der Waals surface area contributed by atoms with Gasteiger partial charge in [0, 0.05) is 5.56 Å². The lowest BCUT2D eigenvalue weighted by molar-refractivity contribution is 0.420. The summed E-state index contributed by atoms with van der Waals surface area (Å²) in [6.45, 7) is 1.99. The van der Waals surface area contributed by atoms with E-state index in [0.29, 0.717) is 0 Å². The topological polar surface area (TPSA) is 38.1 Å². The van der Waals surface area contributed by atoms with Gasteiger partial charge in [0.2, 0.25) is 0 Å². The van der Waals surface area contributed by atoms with Crippen LogP contribution in [-0.2, 0) is 0 Å². The molecule has 0 saturated heterocycles. The lowest BCUT2D eigenvalue weighted by atomic mass is 10.2. The minimum Gasteiger partial charge on any atom is -0.368 e.